The van der Waals surface area contributed by atoms with Gasteiger partial charge in [-0.2, -0.15) is 0 Å². The summed E-state index contributed by atoms with van der Waals surface area (Å²) in [5.74, 6) is 1.23. The molecule has 1 atom stereocenters. The number of thiazole rings is 1. The first-order chi connectivity index (χ1) is 12.6. The zero-order valence-corrected chi connectivity index (χ0v) is 15.7. The molecule has 0 bridgehead atoms. The lowest BCUT2D eigenvalue weighted by Gasteiger charge is -2.18. The average molecular weight is 367 g/mol. The molecular formula is C20H21N3O2S. The van der Waals surface area contributed by atoms with E-state index in [4.69, 9.17) is 4.42 Å². The van der Waals surface area contributed by atoms with E-state index in [2.05, 4.69) is 34.3 Å². The Hall–Kier alpha value is -2.60. The highest BCUT2D eigenvalue weighted by molar-refractivity contribution is 7.15. The molecule has 0 aliphatic carbocycles. The molecule has 3 aromatic rings. The number of aromatic nitrogens is 1. The van der Waals surface area contributed by atoms with Crippen molar-refractivity contribution in [1.29, 1.82) is 0 Å². The molecule has 1 unspecified atom stereocenters. The predicted octanol–water partition coefficient (Wildman–Crippen LogP) is 4.81. The number of aryl methyl sites for hydroxylation is 1. The first-order valence-electron chi connectivity index (χ1n) is 8.78. The molecular weight excluding hydrogens is 346 g/mol. The van der Waals surface area contributed by atoms with Gasteiger partial charge in [0.1, 0.15) is 5.69 Å². The molecule has 6 heteroatoms. The summed E-state index contributed by atoms with van der Waals surface area (Å²) in [5.41, 5.74) is 2.43. The summed E-state index contributed by atoms with van der Waals surface area (Å²) < 4.78 is 5.37. The van der Waals surface area contributed by atoms with Crippen molar-refractivity contribution in [2.24, 2.45) is 5.92 Å². The minimum absolute atomic E-state index is 0.195. The van der Waals surface area contributed by atoms with E-state index in [9.17, 15) is 4.79 Å². The molecule has 1 amide bonds. The second-order valence-electron chi connectivity index (χ2n) is 6.74. The number of carbonyl (C=O) groups is 1. The van der Waals surface area contributed by atoms with Crippen molar-refractivity contribution < 1.29 is 9.21 Å². The standard InChI is InChI=1S/C20H21N3O2S/c1-13-9-10-23(12-13)16-7-5-15(6-8-16)21-19(24)18-14(2)26-20(22-18)17-4-3-11-25-17/h3-8,11,13H,9-10,12H2,1-2H3,(H,21,24). The number of benzene rings is 1. The maximum atomic E-state index is 12.6. The zero-order valence-electron chi connectivity index (χ0n) is 14.9. The van der Waals surface area contributed by atoms with E-state index in [0.717, 1.165) is 34.6 Å². The van der Waals surface area contributed by atoms with Crippen LogP contribution in [0.2, 0.25) is 0 Å². The van der Waals surface area contributed by atoms with Crippen LogP contribution in [0.4, 0.5) is 11.4 Å². The summed E-state index contributed by atoms with van der Waals surface area (Å²) in [6.07, 6.45) is 2.84. The Morgan fingerprint density at radius 1 is 1.31 bits per heavy atom. The highest BCUT2D eigenvalue weighted by atomic mass is 32.1. The lowest BCUT2D eigenvalue weighted by molar-refractivity contribution is 0.102. The maximum Gasteiger partial charge on any atom is 0.275 e. The van der Waals surface area contributed by atoms with E-state index >= 15 is 0 Å². The quantitative estimate of drug-likeness (QED) is 0.719. The summed E-state index contributed by atoms with van der Waals surface area (Å²) in [7, 11) is 0. The van der Waals surface area contributed by atoms with Crippen LogP contribution in [0.25, 0.3) is 10.8 Å². The molecule has 1 aliphatic rings. The van der Waals surface area contributed by atoms with Crippen LogP contribution in [0.1, 0.15) is 28.7 Å². The van der Waals surface area contributed by atoms with Crippen molar-refractivity contribution in [2.45, 2.75) is 20.3 Å². The minimum Gasteiger partial charge on any atom is -0.462 e. The number of rotatable bonds is 4. The molecule has 1 aromatic carbocycles. The van der Waals surface area contributed by atoms with Crippen LogP contribution in [0.5, 0.6) is 0 Å². The summed E-state index contributed by atoms with van der Waals surface area (Å²) in [5, 5.41) is 3.66. The van der Waals surface area contributed by atoms with Gasteiger partial charge in [-0.1, -0.05) is 6.92 Å². The molecule has 3 heterocycles. The van der Waals surface area contributed by atoms with E-state index in [1.807, 2.05) is 31.2 Å². The molecule has 1 saturated heterocycles. The van der Waals surface area contributed by atoms with Crippen LogP contribution in [0, 0.1) is 12.8 Å². The molecule has 1 fully saturated rings. The fourth-order valence-corrected chi connectivity index (χ4v) is 4.11. The van der Waals surface area contributed by atoms with Gasteiger partial charge in [0.25, 0.3) is 5.91 Å². The summed E-state index contributed by atoms with van der Waals surface area (Å²) in [6.45, 7) is 6.37. The third-order valence-corrected chi connectivity index (χ3v) is 5.64. The summed E-state index contributed by atoms with van der Waals surface area (Å²) in [6, 6.07) is 11.7. The summed E-state index contributed by atoms with van der Waals surface area (Å²) >= 11 is 1.46. The molecule has 4 rings (SSSR count). The minimum atomic E-state index is -0.195. The second kappa shape index (κ2) is 6.96. The smallest absolute Gasteiger partial charge is 0.275 e. The van der Waals surface area contributed by atoms with Crippen molar-refractivity contribution in [3.8, 4) is 10.8 Å². The van der Waals surface area contributed by atoms with Gasteiger partial charge in [-0.3, -0.25) is 4.79 Å². The molecule has 2 aromatic heterocycles. The average Bonchev–Trinajstić information content (AvgIpc) is 3.36. The van der Waals surface area contributed by atoms with Gasteiger partial charge < -0.3 is 14.6 Å². The number of nitrogens with zero attached hydrogens (tertiary/aromatic N) is 2. The third kappa shape index (κ3) is 3.37. The molecule has 0 saturated carbocycles. The van der Waals surface area contributed by atoms with Crippen LogP contribution < -0.4 is 10.2 Å². The highest BCUT2D eigenvalue weighted by Crippen LogP contribution is 2.29. The van der Waals surface area contributed by atoms with Gasteiger partial charge in [-0.25, -0.2) is 4.98 Å². The van der Waals surface area contributed by atoms with Crippen molar-refractivity contribution in [1.82, 2.24) is 4.98 Å². The Balaban J connectivity index is 1.46. The van der Waals surface area contributed by atoms with E-state index in [-0.39, 0.29) is 5.91 Å². The predicted molar refractivity (Wildman–Crippen MR) is 105 cm³/mol. The van der Waals surface area contributed by atoms with Gasteiger partial charge in [0, 0.05) is 29.3 Å². The molecule has 0 radical (unpaired) electrons. The number of amides is 1. The fourth-order valence-electron chi connectivity index (χ4n) is 3.23. The van der Waals surface area contributed by atoms with Crippen molar-refractivity contribution in [3.05, 3.63) is 53.2 Å². The molecule has 1 aliphatic heterocycles. The van der Waals surface area contributed by atoms with Crippen LogP contribution >= 0.6 is 11.3 Å². The zero-order chi connectivity index (χ0) is 18.1. The summed E-state index contributed by atoms with van der Waals surface area (Å²) in [4.78, 5) is 20.3. The fraction of sp³-hybridized carbons (Fsp3) is 0.300. The first kappa shape index (κ1) is 16.8. The van der Waals surface area contributed by atoms with Crippen LogP contribution in [-0.2, 0) is 0 Å². The van der Waals surface area contributed by atoms with Crippen LogP contribution in [0.15, 0.2) is 47.1 Å². The molecule has 134 valence electrons. The van der Waals surface area contributed by atoms with Crippen molar-refractivity contribution in [2.75, 3.05) is 23.3 Å². The third-order valence-electron chi connectivity index (χ3n) is 4.66. The SMILES string of the molecule is Cc1sc(-c2ccco2)nc1C(=O)Nc1ccc(N2CCC(C)C2)cc1. The second-order valence-corrected chi connectivity index (χ2v) is 7.95. The Kier molecular flexibility index (Phi) is 4.51. The molecule has 26 heavy (non-hydrogen) atoms. The van der Waals surface area contributed by atoms with Crippen LogP contribution in [-0.4, -0.2) is 24.0 Å². The molecule has 0 spiro atoms. The lowest BCUT2D eigenvalue weighted by Crippen LogP contribution is -2.19. The van der Waals surface area contributed by atoms with Gasteiger partial charge in [-0.15, -0.1) is 11.3 Å². The number of hydrogen-bond acceptors (Lipinski definition) is 5. The van der Waals surface area contributed by atoms with Gasteiger partial charge >= 0.3 is 0 Å². The van der Waals surface area contributed by atoms with E-state index in [0.29, 0.717) is 11.5 Å². The van der Waals surface area contributed by atoms with E-state index in [1.54, 1.807) is 6.26 Å². The Labute approximate surface area is 156 Å². The monoisotopic (exact) mass is 367 g/mol. The van der Waals surface area contributed by atoms with Gasteiger partial charge in [0.2, 0.25) is 0 Å². The topological polar surface area (TPSA) is 58.4 Å². The van der Waals surface area contributed by atoms with Crippen molar-refractivity contribution >= 4 is 28.6 Å². The van der Waals surface area contributed by atoms with E-state index in [1.165, 1.54) is 23.4 Å². The Morgan fingerprint density at radius 3 is 2.77 bits per heavy atom. The largest absolute Gasteiger partial charge is 0.462 e. The van der Waals surface area contributed by atoms with Gasteiger partial charge in [0.05, 0.1) is 6.26 Å². The highest BCUT2D eigenvalue weighted by Gasteiger charge is 2.20. The maximum absolute atomic E-state index is 12.6. The number of hydrogen-bond donors (Lipinski definition) is 1. The van der Waals surface area contributed by atoms with Crippen LogP contribution in [0.3, 0.4) is 0 Å². The molecule has 5 nitrogen and oxygen atoms in total. The Morgan fingerprint density at radius 2 is 2.12 bits per heavy atom. The normalized spacial score (nSPS) is 16.8. The number of furan rings is 1. The van der Waals surface area contributed by atoms with E-state index < -0.39 is 0 Å². The molecule has 1 N–H and O–H groups in total. The number of anilines is 2. The van der Waals surface area contributed by atoms with Crippen molar-refractivity contribution in [3.63, 3.8) is 0 Å². The van der Waals surface area contributed by atoms with Gasteiger partial charge in [-0.05, 0) is 55.7 Å². The lowest BCUT2D eigenvalue weighted by atomic mass is 10.2. The van der Waals surface area contributed by atoms with Gasteiger partial charge in [0.15, 0.2) is 10.8 Å². The first-order valence-corrected chi connectivity index (χ1v) is 9.59. The number of nitrogens with one attached hydrogen (secondary N) is 1. The Bertz CT molecular complexity index is 900. The number of carbonyl (C=O) groups excluding carboxylic acids is 1.